The Morgan fingerprint density at radius 1 is 1.50 bits per heavy atom. The molecule has 3 nitrogen and oxygen atoms in total. The van der Waals surface area contributed by atoms with Gasteiger partial charge in [0.2, 0.25) is 0 Å². The van der Waals surface area contributed by atoms with E-state index in [9.17, 15) is 4.79 Å². The third kappa shape index (κ3) is 4.24. The van der Waals surface area contributed by atoms with Crippen LogP contribution in [-0.4, -0.2) is 25.7 Å². The monoisotopic (exact) mass is 361 g/mol. The lowest BCUT2D eigenvalue weighted by Crippen LogP contribution is -2.38. The van der Waals surface area contributed by atoms with Crippen molar-refractivity contribution in [1.29, 1.82) is 0 Å². The molecular weight excluding hydrogens is 341 g/mol. The smallest absolute Gasteiger partial charge is 0.252 e. The predicted molar refractivity (Wildman–Crippen MR) is 81.9 cm³/mol. The third-order valence-electron chi connectivity index (χ3n) is 2.78. The van der Waals surface area contributed by atoms with Crippen molar-refractivity contribution >= 4 is 28.5 Å². The van der Waals surface area contributed by atoms with Crippen molar-refractivity contribution in [2.24, 2.45) is 0 Å². The van der Waals surface area contributed by atoms with Gasteiger partial charge in [0.1, 0.15) is 0 Å². The number of carbonyl (C=O) groups excluding carboxylic acids is 1. The first-order chi connectivity index (χ1) is 8.60. The van der Waals surface area contributed by atoms with Gasteiger partial charge in [0.25, 0.3) is 5.91 Å². The van der Waals surface area contributed by atoms with Crippen LogP contribution in [0.25, 0.3) is 0 Å². The second kappa shape index (κ2) is 7.74. The summed E-state index contributed by atoms with van der Waals surface area (Å²) in [4.78, 5) is 12.2. The Labute approximate surface area is 122 Å². The van der Waals surface area contributed by atoms with Crippen LogP contribution in [0.4, 0.5) is 0 Å². The molecule has 1 amide bonds. The van der Waals surface area contributed by atoms with Gasteiger partial charge in [-0.05, 0) is 47.6 Å². The van der Waals surface area contributed by atoms with E-state index in [1.54, 1.807) is 7.11 Å². The molecule has 0 aromatic heterocycles. The molecule has 18 heavy (non-hydrogen) atoms. The van der Waals surface area contributed by atoms with Crippen LogP contribution in [0.3, 0.4) is 0 Å². The SMILES string of the molecule is CCCC(COC)NC(=O)c1cccc(C)c1I. The first-order valence-electron chi connectivity index (χ1n) is 6.15. The highest BCUT2D eigenvalue weighted by Gasteiger charge is 2.15. The molecule has 0 bridgehead atoms. The molecule has 0 radical (unpaired) electrons. The first-order valence-corrected chi connectivity index (χ1v) is 7.23. The van der Waals surface area contributed by atoms with Crippen LogP contribution in [0.1, 0.15) is 35.7 Å². The number of hydrogen-bond acceptors (Lipinski definition) is 2. The molecule has 1 aromatic carbocycles. The largest absolute Gasteiger partial charge is 0.383 e. The van der Waals surface area contributed by atoms with Gasteiger partial charge in [0, 0.05) is 10.7 Å². The van der Waals surface area contributed by atoms with Crippen LogP contribution >= 0.6 is 22.6 Å². The second-order valence-corrected chi connectivity index (χ2v) is 5.43. The van der Waals surface area contributed by atoms with Crippen LogP contribution < -0.4 is 5.32 Å². The summed E-state index contributed by atoms with van der Waals surface area (Å²) in [6.07, 6.45) is 1.96. The van der Waals surface area contributed by atoms with E-state index in [1.165, 1.54) is 0 Å². The highest BCUT2D eigenvalue weighted by Crippen LogP contribution is 2.16. The highest BCUT2D eigenvalue weighted by molar-refractivity contribution is 14.1. The summed E-state index contributed by atoms with van der Waals surface area (Å²) >= 11 is 2.22. The van der Waals surface area contributed by atoms with Crippen molar-refractivity contribution in [3.63, 3.8) is 0 Å². The summed E-state index contributed by atoms with van der Waals surface area (Å²) in [7, 11) is 1.66. The Morgan fingerprint density at radius 2 is 2.22 bits per heavy atom. The van der Waals surface area contributed by atoms with Gasteiger partial charge >= 0.3 is 0 Å². The Kier molecular flexibility index (Phi) is 6.63. The number of ether oxygens (including phenoxy) is 1. The molecule has 0 fully saturated rings. The van der Waals surface area contributed by atoms with E-state index >= 15 is 0 Å². The van der Waals surface area contributed by atoms with E-state index < -0.39 is 0 Å². The predicted octanol–water partition coefficient (Wildman–Crippen LogP) is 3.14. The molecule has 0 saturated heterocycles. The van der Waals surface area contributed by atoms with Gasteiger partial charge in [-0.3, -0.25) is 4.79 Å². The summed E-state index contributed by atoms with van der Waals surface area (Å²) < 4.78 is 6.14. The fraction of sp³-hybridized carbons (Fsp3) is 0.500. The molecule has 4 heteroatoms. The van der Waals surface area contributed by atoms with Crippen molar-refractivity contribution in [2.75, 3.05) is 13.7 Å². The van der Waals surface area contributed by atoms with E-state index in [0.29, 0.717) is 6.61 Å². The first kappa shape index (κ1) is 15.4. The standard InChI is InChI=1S/C14H20INO2/c1-4-6-11(9-18-3)16-14(17)12-8-5-7-10(2)13(12)15/h5,7-8,11H,4,6,9H2,1-3H3,(H,16,17). The van der Waals surface area contributed by atoms with Crippen molar-refractivity contribution in [1.82, 2.24) is 5.32 Å². The van der Waals surface area contributed by atoms with E-state index in [4.69, 9.17) is 4.74 Å². The van der Waals surface area contributed by atoms with Gasteiger partial charge < -0.3 is 10.1 Å². The Morgan fingerprint density at radius 3 is 2.83 bits per heavy atom. The molecule has 100 valence electrons. The number of carbonyl (C=O) groups is 1. The summed E-state index contributed by atoms with van der Waals surface area (Å²) in [5.74, 6) is -0.0152. The number of aryl methyl sites for hydroxylation is 1. The Bertz CT molecular complexity index is 401. The maximum atomic E-state index is 12.2. The van der Waals surface area contributed by atoms with Crippen LogP contribution in [-0.2, 0) is 4.74 Å². The van der Waals surface area contributed by atoms with Gasteiger partial charge in [-0.25, -0.2) is 0 Å². The summed E-state index contributed by atoms with van der Waals surface area (Å²) in [5.41, 5.74) is 1.87. The van der Waals surface area contributed by atoms with Crippen molar-refractivity contribution < 1.29 is 9.53 Å². The zero-order valence-corrected chi connectivity index (χ0v) is 13.3. The molecule has 1 rings (SSSR count). The highest BCUT2D eigenvalue weighted by atomic mass is 127. The van der Waals surface area contributed by atoms with E-state index in [2.05, 4.69) is 34.8 Å². The van der Waals surface area contributed by atoms with Crippen molar-refractivity contribution in [2.45, 2.75) is 32.7 Å². The minimum Gasteiger partial charge on any atom is -0.383 e. The molecule has 1 unspecified atom stereocenters. The van der Waals surface area contributed by atoms with Crippen molar-refractivity contribution in [3.05, 3.63) is 32.9 Å². The molecule has 0 aliphatic heterocycles. The molecule has 1 atom stereocenters. The minimum atomic E-state index is -0.0152. The Balaban J connectivity index is 2.77. The fourth-order valence-electron chi connectivity index (χ4n) is 1.83. The maximum absolute atomic E-state index is 12.2. The lowest BCUT2D eigenvalue weighted by atomic mass is 10.1. The Hall–Kier alpha value is -0.620. The molecule has 0 aliphatic carbocycles. The lowest BCUT2D eigenvalue weighted by molar-refractivity contribution is 0.0890. The number of nitrogens with one attached hydrogen (secondary N) is 1. The number of amides is 1. The second-order valence-electron chi connectivity index (χ2n) is 4.35. The van der Waals surface area contributed by atoms with Crippen LogP contribution in [0.15, 0.2) is 18.2 Å². The molecular formula is C14H20INO2. The van der Waals surface area contributed by atoms with Crippen molar-refractivity contribution in [3.8, 4) is 0 Å². The number of methoxy groups -OCH3 is 1. The topological polar surface area (TPSA) is 38.3 Å². The van der Waals surface area contributed by atoms with Gasteiger partial charge in [0.05, 0.1) is 18.2 Å². The molecule has 0 spiro atoms. The van der Waals surface area contributed by atoms with Gasteiger partial charge in [-0.2, -0.15) is 0 Å². The van der Waals surface area contributed by atoms with Crippen LogP contribution in [0.5, 0.6) is 0 Å². The molecule has 0 heterocycles. The normalized spacial score (nSPS) is 12.2. The zero-order chi connectivity index (χ0) is 13.5. The third-order valence-corrected chi connectivity index (χ3v) is 4.21. The fourth-order valence-corrected chi connectivity index (χ4v) is 2.44. The van der Waals surface area contributed by atoms with E-state index in [0.717, 1.165) is 27.5 Å². The number of benzene rings is 1. The molecule has 1 aromatic rings. The number of hydrogen-bond donors (Lipinski definition) is 1. The molecule has 0 saturated carbocycles. The van der Waals surface area contributed by atoms with Crippen LogP contribution in [0.2, 0.25) is 0 Å². The molecule has 1 N–H and O–H groups in total. The maximum Gasteiger partial charge on any atom is 0.252 e. The molecule has 0 aliphatic rings. The van der Waals surface area contributed by atoms with Gasteiger partial charge in [-0.15, -0.1) is 0 Å². The number of rotatable bonds is 6. The van der Waals surface area contributed by atoms with Gasteiger partial charge in [-0.1, -0.05) is 25.5 Å². The van der Waals surface area contributed by atoms with Gasteiger partial charge in [0.15, 0.2) is 0 Å². The quantitative estimate of drug-likeness (QED) is 0.791. The average molecular weight is 361 g/mol. The summed E-state index contributed by atoms with van der Waals surface area (Å²) in [5, 5.41) is 3.03. The van der Waals surface area contributed by atoms with E-state index in [1.807, 2.05) is 25.1 Å². The summed E-state index contributed by atoms with van der Waals surface area (Å²) in [6.45, 7) is 4.67. The zero-order valence-electron chi connectivity index (χ0n) is 11.1. The van der Waals surface area contributed by atoms with Crippen LogP contribution in [0, 0.1) is 10.5 Å². The average Bonchev–Trinajstić information content (AvgIpc) is 2.33. The van der Waals surface area contributed by atoms with E-state index in [-0.39, 0.29) is 11.9 Å². The summed E-state index contributed by atoms with van der Waals surface area (Å²) in [6, 6.07) is 5.87. The minimum absolute atomic E-state index is 0.0152. The number of halogens is 1. The lowest BCUT2D eigenvalue weighted by Gasteiger charge is -2.18.